The van der Waals surface area contributed by atoms with E-state index in [4.69, 9.17) is 11.6 Å². The number of rotatable bonds is 4. The van der Waals surface area contributed by atoms with Crippen LogP contribution in [0.5, 0.6) is 0 Å². The Morgan fingerprint density at radius 2 is 2.25 bits per heavy atom. The Balaban J connectivity index is 2.90. The van der Waals surface area contributed by atoms with Crippen LogP contribution in [-0.2, 0) is 0 Å². The molecule has 0 saturated heterocycles. The van der Waals surface area contributed by atoms with Gasteiger partial charge in [0.15, 0.2) is 0 Å². The van der Waals surface area contributed by atoms with Crippen LogP contribution >= 0.6 is 27.5 Å². The van der Waals surface area contributed by atoms with E-state index in [-0.39, 0.29) is 11.7 Å². The Morgan fingerprint density at radius 3 is 2.75 bits per heavy atom. The molecule has 0 aromatic heterocycles. The van der Waals surface area contributed by atoms with Gasteiger partial charge in [0, 0.05) is 24.5 Å². The fourth-order valence-electron chi connectivity index (χ4n) is 1.32. The van der Waals surface area contributed by atoms with Crippen molar-refractivity contribution in [1.82, 2.24) is 4.90 Å². The highest BCUT2D eigenvalue weighted by atomic mass is 79.9. The number of benzene rings is 1. The van der Waals surface area contributed by atoms with Crippen molar-refractivity contribution in [3.05, 3.63) is 34.1 Å². The zero-order valence-electron chi connectivity index (χ0n) is 8.84. The molecule has 0 aliphatic carbocycles. The van der Waals surface area contributed by atoms with Gasteiger partial charge in [-0.3, -0.25) is 4.79 Å². The second-order valence-electron chi connectivity index (χ2n) is 3.20. The molecule has 0 aliphatic heterocycles. The third-order valence-corrected chi connectivity index (χ3v) is 2.97. The van der Waals surface area contributed by atoms with Gasteiger partial charge in [0.2, 0.25) is 0 Å². The quantitative estimate of drug-likeness (QED) is 0.782. The van der Waals surface area contributed by atoms with Crippen LogP contribution < -0.4 is 0 Å². The van der Waals surface area contributed by atoms with Crippen LogP contribution in [0.3, 0.4) is 0 Å². The number of nitrogens with zero attached hydrogens (tertiary/aromatic N) is 1. The summed E-state index contributed by atoms with van der Waals surface area (Å²) in [6.07, 6.45) is 0. The fourth-order valence-corrected chi connectivity index (χ4v) is 1.90. The van der Waals surface area contributed by atoms with Crippen molar-refractivity contribution < 1.29 is 9.18 Å². The SMILES string of the molecule is CCN(CCCl)C(=O)c1ccc(F)c(Br)c1. The van der Waals surface area contributed by atoms with Gasteiger partial charge in [-0.1, -0.05) is 0 Å². The number of carbonyl (C=O) groups excluding carboxylic acids is 1. The molecule has 0 aliphatic rings. The second-order valence-corrected chi connectivity index (χ2v) is 4.43. The third kappa shape index (κ3) is 3.19. The van der Waals surface area contributed by atoms with Gasteiger partial charge in [-0.05, 0) is 41.1 Å². The summed E-state index contributed by atoms with van der Waals surface area (Å²) in [5.74, 6) is -0.122. The van der Waals surface area contributed by atoms with Gasteiger partial charge in [0.1, 0.15) is 5.82 Å². The Kier molecular flexibility index (Phi) is 5.22. The van der Waals surface area contributed by atoms with E-state index < -0.39 is 0 Å². The van der Waals surface area contributed by atoms with Crippen molar-refractivity contribution >= 4 is 33.4 Å². The predicted molar refractivity (Wildman–Crippen MR) is 66.4 cm³/mol. The first-order chi connectivity index (χ1) is 7.60. The van der Waals surface area contributed by atoms with Crippen molar-refractivity contribution in [2.24, 2.45) is 0 Å². The van der Waals surface area contributed by atoms with E-state index in [1.165, 1.54) is 18.2 Å². The summed E-state index contributed by atoms with van der Waals surface area (Å²) < 4.78 is 13.3. The second kappa shape index (κ2) is 6.21. The lowest BCUT2D eigenvalue weighted by molar-refractivity contribution is 0.0774. The molecule has 0 bridgehead atoms. The van der Waals surface area contributed by atoms with Crippen molar-refractivity contribution in [3.8, 4) is 0 Å². The average Bonchev–Trinajstić information content (AvgIpc) is 2.28. The molecule has 5 heteroatoms. The molecule has 0 radical (unpaired) electrons. The summed E-state index contributed by atoms with van der Waals surface area (Å²) in [7, 11) is 0. The molecule has 1 amide bonds. The molecule has 2 nitrogen and oxygen atoms in total. The lowest BCUT2D eigenvalue weighted by atomic mass is 10.2. The van der Waals surface area contributed by atoms with Crippen molar-refractivity contribution in [3.63, 3.8) is 0 Å². The van der Waals surface area contributed by atoms with Gasteiger partial charge in [-0.25, -0.2) is 4.39 Å². The Morgan fingerprint density at radius 1 is 1.56 bits per heavy atom. The molecule has 1 aromatic rings. The van der Waals surface area contributed by atoms with Crippen molar-refractivity contribution in [1.29, 1.82) is 0 Å². The number of hydrogen-bond acceptors (Lipinski definition) is 1. The van der Waals surface area contributed by atoms with Crippen LogP contribution in [-0.4, -0.2) is 29.8 Å². The molecule has 1 rings (SSSR count). The minimum atomic E-state index is -0.378. The zero-order valence-corrected chi connectivity index (χ0v) is 11.2. The summed E-state index contributed by atoms with van der Waals surface area (Å²) >= 11 is 8.65. The Labute approximate surface area is 108 Å². The van der Waals surface area contributed by atoms with E-state index in [0.29, 0.717) is 29.0 Å². The minimum absolute atomic E-state index is 0.135. The lowest BCUT2D eigenvalue weighted by Crippen LogP contribution is -2.32. The summed E-state index contributed by atoms with van der Waals surface area (Å²) in [6, 6.07) is 4.22. The van der Waals surface area contributed by atoms with E-state index in [9.17, 15) is 9.18 Å². The summed E-state index contributed by atoms with van der Waals surface area (Å²) in [4.78, 5) is 13.6. The molecule has 0 unspecified atom stereocenters. The topological polar surface area (TPSA) is 20.3 Å². The van der Waals surface area contributed by atoms with Gasteiger partial charge in [0.05, 0.1) is 4.47 Å². The molecule has 0 heterocycles. The standard InChI is InChI=1S/C11H12BrClFNO/c1-2-15(6-5-13)11(16)8-3-4-10(14)9(12)7-8/h3-4,7H,2,5-6H2,1H3. The summed E-state index contributed by atoms with van der Waals surface area (Å²) in [6.45, 7) is 2.95. The number of amides is 1. The van der Waals surface area contributed by atoms with Gasteiger partial charge in [-0.15, -0.1) is 11.6 Å². The fraction of sp³-hybridized carbons (Fsp3) is 0.364. The predicted octanol–water partition coefficient (Wildman–Crippen LogP) is 3.29. The van der Waals surface area contributed by atoms with Crippen LogP contribution in [0.4, 0.5) is 4.39 Å². The highest BCUT2D eigenvalue weighted by Crippen LogP contribution is 2.18. The number of carbonyl (C=O) groups is 1. The van der Waals surface area contributed by atoms with Gasteiger partial charge < -0.3 is 4.90 Å². The van der Waals surface area contributed by atoms with Crippen molar-refractivity contribution in [2.45, 2.75) is 6.92 Å². The monoisotopic (exact) mass is 307 g/mol. The number of hydrogen-bond donors (Lipinski definition) is 0. The number of halogens is 3. The van der Waals surface area contributed by atoms with Crippen LogP contribution in [0.1, 0.15) is 17.3 Å². The van der Waals surface area contributed by atoms with E-state index in [0.717, 1.165) is 0 Å². The Hall–Kier alpha value is -0.610. The van der Waals surface area contributed by atoms with Crippen LogP contribution in [0.15, 0.2) is 22.7 Å². The molecule has 0 atom stereocenters. The average molecular weight is 309 g/mol. The first kappa shape index (κ1) is 13.5. The van der Waals surface area contributed by atoms with E-state index in [2.05, 4.69) is 15.9 Å². The number of alkyl halides is 1. The molecule has 1 aromatic carbocycles. The van der Waals surface area contributed by atoms with Crippen LogP contribution in [0, 0.1) is 5.82 Å². The molecule has 0 fully saturated rings. The lowest BCUT2D eigenvalue weighted by Gasteiger charge is -2.19. The molecule has 0 spiro atoms. The highest BCUT2D eigenvalue weighted by molar-refractivity contribution is 9.10. The van der Waals surface area contributed by atoms with E-state index in [1.54, 1.807) is 4.90 Å². The molecule has 16 heavy (non-hydrogen) atoms. The largest absolute Gasteiger partial charge is 0.338 e. The van der Waals surface area contributed by atoms with E-state index >= 15 is 0 Å². The molecule has 0 saturated carbocycles. The molecular weight excluding hydrogens is 296 g/mol. The molecule has 0 N–H and O–H groups in total. The van der Waals surface area contributed by atoms with Gasteiger partial charge >= 0.3 is 0 Å². The van der Waals surface area contributed by atoms with E-state index in [1.807, 2.05) is 6.92 Å². The van der Waals surface area contributed by atoms with Crippen LogP contribution in [0.25, 0.3) is 0 Å². The smallest absolute Gasteiger partial charge is 0.253 e. The Bertz CT molecular complexity index is 386. The summed E-state index contributed by atoms with van der Waals surface area (Å²) in [5, 5.41) is 0. The first-order valence-electron chi connectivity index (χ1n) is 4.90. The zero-order chi connectivity index (χ0) is 12.1. The maximum Gasteiger partial charge on any atom is 0.253 e. The minimum Gasteiger partial charge on any atom is -0.338 e. The third-order valence-electron chi connectivity index (χ3n) is 2.19. The summed E-state index contributed by atoms with van der Waals surface area (Å²) in [5.41, 5.74) is 0.459. The first-order valence-corrected chi connectivity index (χ1v) is 6.23. The normalized spacial score (nSPS) is 10.2. The maximum atomic E-state index is 13.0. The molecular formula is C11H12BrClFNO. The molecule has 88 valence electrons. The van der Waals surface area contributed by atoms with Crippen LogP contribution in [0.2, 0.25) is 0 Å². The van der Waals surface area contributed by atoms with Gasteiger partial charge in [-0.2, -0.15) is 0 Å². The highest BCUT2D eigenvalue weighted by Gasteiger charge is 2.14. The van der Waals surface area contributed by atoms with Crippen molar-refractivity contribution in [2.75, 3.05) is 19.0 Å². The maximum absolute atomic E-state index is 13.0. The van der Waals surface area contributed by atoms with Gasteiger partial charge in [0.25, 0.3) is 5.91 Å².